The van der Waals surface area contributed by atoms with Gasteiger partial charge in [-0.25, -0.2) is 9.67 Å². The van der Waals surface area contributed by atoms with E-state index in [1.807, 2.05) is 54.9 Å². The summed E-state index contributed by atoms with van der Waals surface area (Å²) in [6.07, 6.45) is 3.82. The topological polar surface area (TPSA) is 103 Å². The molecule has 1 fully saturated rings. The van der Waals surface area contributed by atoms with E-state index < -0.39 is 11.9 Å². The van der Waals surface area contributed by atoms with E-state index in [4.69, 9.17) is 10.7 Å². The maximum Gasteiger partial charge on any atom is 0.252 e. The van der Waals surface area contributed by atoms with Crippen molar-refractivity contribution in [3.63, 3.8) is 0 Å². The van der Waals surface area contributed by atoms with Gasteiger partial charge in [-0.2, -0.15) is 5.10 Å². The van der Waals surface area contributed by atoms with E-state index in [2.05, 4.69) is 10.4 Å². The fourth-order valence-corrected chi connectivity index (χ4v) is 3.50. The average Bonchev–Trinajstić information content (AvgIpc) is 3.48. The number of primary amides is 1. The summed E-state index contributed by atoms with van der Waals surface area (Å²) in [4.78, 5) is 29.6. The summed E-state index contributed by atoms with van der Waals surface area (Å²) >= 11 is 0. The highest BCUT2D eigenvalue weighted by atomic mass is 16.2. The Morgan fingerprint density at radius 3 is 2.59 bits per heavy atom. The zero-order valence-corrected chi connectivity index (χ0v) is 16.6. The minimum absolute atomic E-state index is 0.0996. The number of carbonyl (C=O) groups excluding carboxylic acids is 2. The highest BCUT2D eigenvalue weighted by Gasteiger charge is 2.29. The van der Waals surface area contributed by atoms with E-state index in [1.165, 1.54) is 0 Å². The number of rotatable bonds is 7. The van der Waals surface area contributed by atoms with Crippen molar-refractivity contribution in [2.24, 2.45) is 11.7 Å². The SMILES string of the molecule is CC(C)[C@@H](NC(=O)c1cc(C2CC2)nc2c1cnn2Cc1ccccc1)C(N)=O. The molecule has 7 heteroatoms. The fourth-order valence-electron chi connectivity index (χ4n) is 3.50. The zero-order chi connectivity index (χ0) is 20.5. The van der Waals surface area contributed by atoms with Gasteiger partial charge < -0.3 is 11.1 Å². The molecule has 0 saturated heterocycles. The van der Waals surface area contributed by atoms with Gasteiger partial charge in [0.05, 0.1) is 23.7 Å². The Labute approximate surface area is 169 Å². The lowest BCUT2D eigenvalue weighted by molar-refractivity contribution is -0.120. The summed E-state index contributed by atoms with van der Waals surface area (Å²) in [5, 5.41) is 7.95. The number of benzene rings is 1. The first kappa shape index (κ1) is 19.1. The van der Waals surface area contributed by atoms with E-state index in [0.29, 0.717) is 29.1 Å². The van der Waals surface area contributed by atoms with Gasteiger partial charge in [-0.3, -0.25) is 9.59 Å². The molecule has 2 amide bonds. The molecule has 1 saturated carbocycles. The van der Waals surface area contributed by atoms with Gasteiger partial charge in [0.1, 0.15) is 6.04 Å². The minimum Gasteiger partial charge on any atom is -0.368 e. The van der Waals surface area contributed by atoms with Gasteiger partial charge in [-0.1, -0.05) is 44.2 Å². The first-order valence-corrected chi connectivity index (χ1v) is 9.94. The van der Waals surface area contributed by atoms with Crippen LogP contribution in [0.3, 0.4) is 0 Å². The van der Waals surface area contributed by atoms with Crippen LogP contribution in [-0.4, -0.2) is 32.6 Å². The van der Waals surface area contributed by atoms with Gasteiger partial charge in [0.15, 0.2) is 5.65 Å². The normalized spacial score (nSPS) is 14.9. The van der Waals surface area contributed by atoms with Gasteiger partial charge in [0.25, 0.3) is 5.91 Å². The lowest BCUT2D eigenvalue weighted by Crippen LogP contribution is -2.47. The van der Waals surface area contributed by atoms with Crippen molar-refractivity contribution >= 4 is 22.8 Å². The maximum atomic E-state index is 13.1. The molecular weight excluding hydrogens is 366 g/mol. The van der Waals surface area contributed by atoms with Crippen LogP contribution in [0.5, 0.6) is 0 Å². The summed E-state index contributed by atoms with van der Waals surface area (Å²) < 4.78 is 1.82. The smallest absolute Gasteiger partial charge is 0.252 e. The van der Waals surface area contributed by atoms with Crippen LogP contribution in [0.25, 0.3) is 11.0 Å². The molecule has 1 aliphatic rings. The second kappa shape index (κ2) is 7.66. The first-order chi connectivity index (χ1) is 13.9. The molecule has 0 bridgehead atoms. The Balaban J connectivity index is 1.73. The predicted octanol–water partition coefficient (Wildman–Crippen LogP) is 2.60. The molecule has 3 N–H and O–H groups in total. The van der Waals surface area contributed by atoms with Crippen LogP contribution < -0.4 is 11.1 Å². The lowest BCUT2D eigenvalue weighted by Gasteiger charge is -2.19. The summed E-state index contributed by atoms with van der Waals surface area (Å²) in [7, 11) is 0. The Kier molecular flexibility index (Phi) is 5.05. The van der Waals surface area contributed by atoms with E-state index >= 15 is 0 Å². The van der Waals surface area contributed by atoms with Crippen molar-refractivity contribution in [2.45, 2.75) is 45.2 Å². The summed E-state index contributed by atoms with van der Waals surface area (Å²) in [5.74, 6) is -0.586. The summed E-state index contributed by atoms with van der Waals surface area (Å²) in [5.41, 5.74) is 8.65. The molecule has 0 aliphatic heterocycles. The average molecular weight is 391 g/mol. The van der Waals surface area contributed by atoms with Crippen molar-refractivity contribution in [2.75, 3.05) is 0 Å². The number of carbonyl (C=O) groups is 2. The third-order valence-corrected chi connectivity index (χ3v) is 5.30. The molecule has 1 aliphatic carbocycles. The highest BCUT2D eigenvalue weighted by Crippen LogP contribution is 2.40. The van der Waals surface area contributed by atoms with Crippen LogP contribution in [-0.2, 0) is 11.3 Å². The Bertz CT molecular complexity index is 1050. The molecule has 4 rings (SSSR count). The number of amides is 2. The summed E-state index contributed by atoms with van der Waals surface area (Å²) in [6.45, 7) is 4.28. The molecule has 2 aromatic heterocycles. The number of aromatic nitrogens is 3. The van der Waals surface area contributed by atoms with E-state index in [9.17, 15) is 9.59 Å². The van der Waals surface area contributed by atoms with Gasteiger partial charge in [0.2, 0.25) is 5.91 Å². The van der Waals surface area contributed by atoms with Gasteiger partial charge >= 0.3 is 0 Å². The first-order valence-electron chi connectivity index (χ1n) is 9.94. The predicted molar refractivity (Wildman–Crippen MR) is 110 cm³/mol. The number of pyridine rings is 1. The highest BCUT2D eigenvalue weighted by molar-refractivity contribution is 6.06. The second-order valence-corrected chi connectivity index (χ2v) is 7.99. The van der Waals surface area contributed by atoms with E-state index in [-0.39, 0.29) is 11.8 Å². The van der Waals surface area contributed by atoms with E-state index in [1.54, 1.807) is 6.20 Å². The minimum atomic E-state index is -0.727. The molecule has 29 heavy (non-hydrogen) atoms. The molecule has 7 nitrogen and oxygen atoms in total. The molecule has 0 unspecified atom stereocenters. The molecule has 0 spiro atoms. The molecule has 150 valence electrons. The third kappa shape index (κ3) is 3.99. The van der Waals surface area contributed by atoms with Gasteiger partial charge in [0, 0.05) is 11.6 Å². The van der Waals surface area contributed by atoms with Crippen molar-refractivity contribution in [1.29, 1.82) is 0 Å². The molecule has 2 heterocycles. The molecule has 3 aromatic rings. The van der Waals surface area contributed by atoms with Crippen LogP contribution in [0.4, 0.5) is 0 Å². The largest absolute Gasteiger partial charge is 0.368 e. The molecule has 0 radical (unpaired) electrons. The third-order valence-electron chi connectivity index (χ3n) is 5.30. The van der Waals surface area contributed by atoms with Crippen LogP contribution >= 0.6 is 0 Å². The number of fused-ring (bicyclic) bond motifs is 1. The number of nitrogens with one attached hydrogen (secondary N) is 1. The van der Waals surface area contributed by atoms with Crippen molar-refractivity contribution in [3.8, 4) is 0 Å². The Morgan fingerprint density at radius 2 is 1.97 bits per heavy atom. The van der Waals surface area contributed by atoms with Crippen molar-refractivity contribution in [1.82, 2.24) is 20.1 Å². The second-order valence-electron chi connectivity index (χ2n) is 7.99. The molecular formula is C22H25N5O2. The van der Waals surface area contributed by atoms with Crippen molar-refractivity contribution in [3.05, 3.63) is 59.4 Å². The van der Waals surface area contributed by atoms with Crippen molar-refractivity contribution < 1.29 is 9.59 Å². The lowest BCUT2D eigenvalue weighted by atomic mass is 10.0. The zero-order valence-electron chi connectivity index (χ0n) is 16.6. The van der Waals surface area contributed by atoms with Crippen LogP contribution in [0.1, 0.15) is 54.2 Å². The summed E-state index contributed by atoms with van der Waals surface area (Å²) in [6, 6.07) is 11.1. The standard InChI is InChI=1S/C22H25N5O2/c1-13(2)19(20(23)28)26-22(29)16-10-18(15-8-9-15)25-21-17(16)11-24-27(21)12-14-6-4-3-5-7-14/h3-7,10-11,13,15,19H,8-9,12H2,1-2H3,(H2,23,28)(H,26,29)/t19-/m1/s1. The monoisotopic (exact) mass is 391 g/mol. The number of hydrogen-bond acceptors (Lipinski definition) is 4. The van der Waals surface area contributed by atoms with Crippen LogP contribution in [0, 0.1) is 5.92 Å². The number of nitrogens with two attached hydrogens (primary N) is 1. The number of nitrogens with zero attached hydrogens (tertiary/aromatic N) is 3. The fraction of sp³-hybridized carbons (Fsp3) is 0.364. The van der Waals surface area contributed by atoms with Crippen LogP contribution in [0.2, 0.25) is 0 Å². The quantitative estimate of drug-likeness (QED) is 0.646. The Morgan fingerprint density at radius 1 is 1.24 bits per heavy atom. The van der Waals surface area contributed by atoms with Crippen LogP contribution in [0.15, 0.2) is 42.6 Å². The number of hydrogen-bond donors (Lipinski definition) is 2. The van der Waals surface area contributed by atoms with Gasteiger partial charge in [-0.15, -0.1) is 0 Å². The molecule has 1 aromatic carbocycles. The Hall–Kier alpha value is -3.22. The molecule has 1 atom stereocenters. The van der Waals surface area contributed by atoms with Gasteiger partial charge in [-0.05, 0) is 30.4 Å². The maximum absolute atomic E-state index is 13.1. The van der Waals surface area contributed by atoms with E-state index in [0.717, 1.165) is 24.1 Å².